The van der Waals surface area contributed by atoms with E-state index >= 15 is 0 Å². The maximum absolute atomic E-state index is 3.69. The third kappa shape index (κ3) is 2.30. The Balaban J connectivity index is 2.21. The van der Waals surface area contributed by atoms with Gasteiger partial charge in [0.2, 0.25) is 0 Å². The highest BCUT2D eigenvalue weighted by molar-refractivity contribution is 5.38. The standard InChI is InChI=1S/C15H23N/c1-4-7-12-10-15(16-11(2)3)14-9-6-5-8-13(12)14/h5-6,8-9,11-12,15-16H,4,7,10H2,1-3H3/t12-,15?/m0/s1. The van der Waals surface area contributed by atoms with Gasteiger partial charge in [-0.1, -0.05) is 51.5 Å². The van der Waals surface area contributed by atoms with Gasteiger partial charge in [0, 0.05) is 12.1 Å². The van der Waals surface area contributed by atoms with Crippen molar-refractivity contribution in [3.63, 3.8) is 0 Å². The van der Waals surface area contributed by atoms with E-state index in [4.69, 9.17) is 0 Å². The highest BCUT2D eigenvalue weighted by Gasteiger charge is 2.29. The summed E-state index contributed by atoms with van der Waals surface area (Å²) >= 11 is 0. The summed E-state index contributed by atoms with van der Waals surface area (Å²) in [6, 6.07) is 10.1. The number of rotatable bonds is 4. The smallest absolute Gasteiger partial charge is 0.0331 e. The Hall–Kier alpha value is -0.820. The van der Waals surface area contributed by atoms with E-state index in [0.29, 0.717) is 12.1 Å². The van der Waals surface area contributed by atoms with Crippen molar-refractivity contribution in [3.05, 3.63) is 35.4 Å². The molecule has 0 radical (unpaired) electrons. The summed E-state index contributed by atoms with van der Waals surface area (Å²) in [5, 5.41) is 3.69. The van der Waals surface area contributed by atoms with Crippen LogP contribution >= 0.6 is 0 Å². The SMILES string of the molecule is CCC[C@H]1CC(NC(C)C)c2ccccc21. The van der Waals surface area contributed by atoms with Crippen LogP contribution in [0.1, 0.15) is 63.1 Å². The number of benzene rings is 1. The van der Waals surface area contributed by atoms with Crippen molar-refractivity contribution in [2.24, 2.45) is 0 Å². The quantitative estimate of drug-likeness (QED) is 0.803. The number of nitrogens with one attached hydrogen (secondary N) is 1. The molecule has 1 N–H and O–H groups in total. The van der Waals surface area contributed by atoms with E-state index in [0.717, 1.165) is 5.92 Å². The molecule has 0 heterocycles. The second kappa shape index (κ2) is 5.01. The summed E-state index contributed by atoms with van der Waals surface area (Å²) in [6.07, 6.45) is 3.89. The lowest BCUT2D eigenvalue weighted by Crippen LogP contribution is -2.26. The minimum absolute atomic E-state index is 0.568. The zero-order chi connectivity index (χ0) is 11.5. The van der Waals surface area contributed by atoms with Gasteiger partial charge < -0.3 is 5.32 Å². The van der Waals surface area contributed by atoms with Gasteiger partial charge in [0.25, 0.3) is 0 Å². The molecule has 1 aliphatic rings. The van der Waals surface area contributed by atoms with Crippen molar-refractivity contribution in [2.75, 3.05) is 0 Å². The van der Waals surface area contributed by atoms with Gasteiger partial charge >= 0.3 is 0 Å². The first-order valence-electron chi connectivity index (χ1n) is 6.57. The zero-order valence-corrected chi connectivity index (χ0v) is 10.7. The number of hydrogen-bond donors (Lipinski definition) is 1. The maximum atomic E-state index is 3.69. The van der Waals surface area contributed by atoms with Gasteiger partial charge in [0.15, 0.2) is 0 Å². The Labute approximate surface area is 99.3 Å². The fraction of sp³-hybridized carbons (Fsp3) is 0.600. The molecule has 88 valence electrons. The molecule has 0 bridgehead atoms. The summed E-state index contributed by atoms with van der Waals surface area (Å²) in [4.78, 5) is 0. The molecule has 1 nitrogen and oxygen atoms in total. The Morgan fingerprint density at radius 2 is 1.94 bits per heavy atom. The van der Waals surface area contributed by atoms with E-state index in [1.165, 1.54) is 24.8 Å². The maximum Gasteiger partial charge on any atom is 0.0331 e. The van der Waals surface area contributed by atoms with Crippen LogP contribution in [-0.4, -0.2) is 6.04 Å². The van der Waals surface area contributed by atoms with Gasteiger partial charge in [-0.05, 0) is 29.9 Å². The summed E-state index contributed by atoms with van der Waals surface area (Å²) < 4.78 is 0. The van der Waals surface area contributed by atoms with Crippen molar-refractivity contribution in [1.82, 2.24) is 5.32 Å². The van der Waals surface area contributed by atoms with Crippen molar-refractivity contribution in [3.8, 4) is 0 Å². The van der Waals surface area contributed by atoms with E-state index in [-0.39, 0.29) is 0 Å². The lowest BCUT2D eigenvalue weighted by molar-refractivity contribution is 0.442. The van der Waals surface area contributed by atoms with Crippen LogP contribution in [0.3, 0.4) is 0 Å². The molecule has 0 aromatic heterocycles. The summed E-state index contributed by atoms with van der Waals surface area (Å²) in [5.41, 5.74) is 3.12. The first kappa shape index (κ1) is 11.7. The van der Waals surface area contributed by atoms with Crippen molar-refractivity contribution in [2.45, 2.75) is 58.0 Å². The molecule has 2 rings (SSSR count). The van der Waals surface area contributed by atoms with Crippen LogP contribution in [0.25, 0.3) is 0 Å². The van der Waals surface area contributed by atoms with Crippen LogP contribution < -0.4 is 5.32 Å². The Kier molecular flexibility index (Phi) is 3.65. The summed E-state index contributed by atoms with van der Waals surface area (Å²) in [6.45, 7) is 6.75. The molecule has 1 aromatic rings. The minimum Gasteiger partial charge on any atom is -0.308 e. The first-order chi connectivity index (χ1) is 7.72. The molecular weight excluding hydrogens is 194 g/mol. The van der Waals surface area contributed by atoms with Crippen LogP contribution in [0, 0.1) is 0 Å². The monoisotopic (exact) mass is 217 g/mol. The van der Waals surface area contributed by atoms with Gasteiger partial charge in [-0.25, -0.2) is 0 Å². The lowest BCUT2D eigenvalue weighted by Gasteiger charge is -2.17. The van der Waals surface area contributed by atoms with Gasteiger partial charge in [-0.3, -0.25) is 0 Å². The average Bonchev–Trinajstić information content (AvgIpc) is 2.58. The molecule has 0 saturated heterocycles. The third-order valence-electron chi connectivity index (χ3n) is 3.50. The predicted octanol–water partition coefficient (Wildman–Crippen LogP) is 4.01. The van der Waals surface area contributed by atoms with Crippen LogP contribution in [0.2, 0.25) is 0 Å². The predicted molar refractivity (Wildman–Crippen MR) is 69.7 cm³/mol. The molecule has 0 fully saturated rings. The van der Waals surface area contributed by atoms with Crippen molar-refractivity contribution in [1.29, 1.82) is 0 Å². The molecular formula is C15H23N. The van der Waals surface area contributed by atoms with E-state index in [9.17, 15) is 0 Å². The highest BCUT2D eigenvalue weighted by Crippen LogP contribution is 2.42. The molecule has 0 amide bonds. The fourth-order valence-corrected chi connectivity index (χ4v) is 2.92. The molecule has 0 saturated carbocycles. The van der Waals surface area contributed by atoms with Crippen molar-refractivity contribution >= 4 is 0 Å². The number of fused-ring (bicyclic) bond motifs is 1. The van der Waals surface area contributed by atoms with Crippen LogP contribution in [0.4, 0.5) is 0 Å². The lowest BCUT2D eigenvalue weighted by atomic mass is 9.97. The normalized spacial score (nSPS) is 23.8. The summed E-state index contributed by atoms with van der Waals surface area (Å²) in [7, 11) is 0. The number of hydrogen-bond acceptors (Lipinski definition) is 1. The molecule has 0 aliphatic heterocycles. The van der Waals surface area contributed by atoms with Crippen LogP contribution in [-0.2, 0) is 0 Å². The topological polar surface area (TPSA) is 12.0 Å². The van der Waals surface area contributed by atoms with Gasteiger partial charge in [-0.15, -0.1) is 0 Å². The molecule has 1 aromatic carbocycles. The minimum atomic E-state index is 0.568. The largest absolute Gasteiger partial charge is 0.308 e. The molecule has 16 heavy (non-hydrogen) atoms. The molecule has 0 spiro atoms. The Bertz CT molecular complexity index is 343. The van der Waals surface area contributed by atoms with Crippen molar-refractivity contribution < 1.29 is 0 Å². The second-order valence-electron chi connectivity index (χ2n) is 5.22. The van der Waals surface area contributed by atoms with Gasteiger partial charge in [-0.2, -0.15) is 0 Å². The van der Waals surface area contributed by atoms with E-state index in [1.807, 2.05) is 0 Å². The van der Waals surface area contributed by atoms with Gasteiger partial charge in [0.1, 0.15) is 0 Å². The average molecular weight is 217 g/mol. The van der Waals surface area contributed by atoms with Gasteiger partial charge in [0.05, 0.1) is 0 Å². The highest BCUT2D eigenvalue weighted by atomic mass is 14.9. The molecule has 2 atom stereocenters. The fourth-order valence-electron chi connectivity index (χ4n) is 2.92. The molecule has 1 unspecified atom stereocenters. The molecule has 1 heteroatoms. The molecule has 1 aliphatic carbocycles. The Morgan fingerprint density at radius 3 is 2.56 bits per heavy atom. The summed E-state index contributed by atoms with van der Waals surface area (Å²) in [5.74, 6) is 0.775. The zero-order valence-electron chi connectivity index (χ0n) is 10.7. The van der Waals surface area contributed by atoms with E-state index < -0.39 is 0 Å². The second-order valence-corrected chi connectivity index (χ2v) is 5.22. The van der Waals surface area contributed by atoms with E-state index in [2.05, 4.69) is 50.4 Å². The van der Waals surface area contributed by atoms with Crippen LogP contribution in [0.15, 0.2) is 24.3 Å². The first-order valence-corrected chi connectivity index (χ1v) is 6.57. The van der Waals surface area contributed by atoms with Crippen LogP contribution in [0.5, 0.6) is 0 Å². The Morgan fingerprint density at radius 1 is 1.25 bits per heavy atom. The van der Waals surface area contributed by atoms with E-state index in [1.54, 1.807) is 5.56 Å². The third-order valence-corrected chi connectivity index (χ3v) is 3.50.